The summed E-state index contributed by atoms with van der Waals surface area (Å²) in [7, 11) is 0. The lowest BCUT2D eigenvalue weighted by atomic mass is 9.96. The van der Waals surface area contributed by atoms with E-state index in [1.54, 1.807) is 29.3 Å². The van der Waals surface area contributed by atoms with Crippen molar-refractivity contribution in [1.29, 1.82) is 0 Å². The number of nitrogens with zero attached hydrogens (tertiary/aromatic N) is 4. The molecule has 3 heterocycles. The molecule has 1 aliphatic heterocycles. The van der Waals surface area contributed by atoms with Crippen molar-refractivity contribution in [2.24, 2.45) is 5.92 Å². The molecule has 1 amide bonds. The molecule has 2 aromatic rings. The molecule has 1 saturated heterocycles. The van der Waals surface area contributed by atoms with E-state index >= 15 is 0 Å². The number of likely N-dealkylation sites (tertiary alicyclic amines) is 1. The third-order valence-corrected chi connectivity index (χ3v) is 4.04. The SMILES string of the molecule is CC1CCN(C(=O)Cn2nc3ccccn3c2=O)CC1O. The number of pyridine rings is 1. The smallest absolute Gasteiger partial charge is 0.350 e. The van der Waals surface area contributed by atoms with E-state index in [2.05, 4.69) is 5.10 Å². The van der Waals surface area contributed by atoms with Gasteiger partial charge in [-0.1, -0.05) is 13.0 Å². The first-order valence-electron chi connectivity index (χ1n) is 7.06. The Hall–Kier alpha value is -2.15. The van der Waals surface area contributed by atoms with Crippen LogP contribution in [0.1, 0.15) is 13.3 Å². The van der Waals surface area contributed by atoms with E-state index in [0.717, 1.165) is 6.42 Å². The number of carbonyl (C=O) groups is 1. The Morgan fingerprint density at radius 3 is 3.00 bits per heavy atom. The summed E-state index contributed by atoms with van der Waals surface area (Å²) in [5.41, 5.74) is 0.187. The number of rotatable bonds is 2. The van der Waals surface area contributed by atoms with Crippen molar-refractivity contribution < 1.29 is 9.90 Å². The van der Waals surface area contributed by atoms with Gasteiger partial charge in [-0.05, 0) is 24.5 Å². The Labute approximate surface area is 121 Å². The van der Waals surface area contributed by atoms with E-state index in [4.69, 9.17) is 0 Å². The van der Waals surface area contributed by atoms with E-state index < -0.39 is 6.10 Å². The Balaban J connectivity index is 1.77. The highest BCUT2D eigenvalue weighted by atomic mass is 16.3. The lowest BCUT2D eigenvalue weighted by Crippen LogP contribution is -2.47. The number of hydrogen-bond donors (Lipinski definition) is 1. The maximum atomic E-state index is 12.3. The maximum Gasteiger partial charge on any atom is 0.350 e. The first-order chi connectivity index (χ1) is 10.1. The summed E-state index contributed by atoms with van der Waals surface area (Å²) in [5, 5.41) is 14.0. The molecule has 2 unspecified atom stereocenters. The molecule has 1 N–H and O–H groups in total. The molecule has 21 heavy (non-hydrogen) atoms. The zero-order valence-electron chi connectivity index (χ0n) is 11.8. The molecule has 1 fully saturated rings. The van der Waals surface area contributed by atoms with Crippen LogP contribution in [0.2, 0.25) is 0 Å². The first-order valence-corrected chi connectivity index (χ1v) is 7.06. The number of hydrogen-bond acceptors (Lipinski definition) is 4. The lowest BCUT2D eigenvalue weighted by molar-refractivity contribution is -0.136. The largest absolute Gasteiger partial charge is 0.391 e. The summed E-state index contributed by atoms with van der Waals surface area (Å²) >= 11 is 0. The fourth-order valence-corrected chi connectivity index (χ4v) is 2.57. The minimum Gasteiger partial charge on any atom is -0.391 e. The fraction of sp³-hybridized carbons (Fsp3) is 0.500. The van der Waals surface area contributed by atoms with Gasteiger partial charge in [0.2, 0.25) is 5.91 Å². The average molecular weight is 290 g/mol. The number of amides is 1. The molecular formula is C14H18N4O3. The van der Waals surface area contributed by atoms with Crippen LogP contribution in [-0.4, -0.2) is 49.3 Å². The molecule has 0 aromatic carbocycles. The number of carbonyl (C=O) groups excluding carboxylic acids is 1. The van der Waals surface area contributed by atoms with E-state index in [1.165, 1.54) is 9.08 Å². The predicted octanol–water partition coefficient (Wildman–Crippen LogP) is -0.275. The summed E-state index contributed by atoms with van der Waals surface area (Å²) in [5.74, 6) is 0.0124. The van der Waals surface area contributed by atoms with E-state index in [0.29, 0.717) is 18.7 Å². The normalized spacial score (nSPS) is 22.7. The molecule has 0 radical (unpaired) electrons. The van der Waals surface area contributed by atoms with Gasteiger partial charge in [0.1, 0.15) is 6.54 Å². The first kappa shape index (κ1) is 13.8. The fourth-order valence-electron chi connectivity index (χ4n) is 2.57. The summed E-state index contributed by atoms with van der Waals surface area (Å²) in [6.07, 6.45) is 1.89. The van der Waals surface area contributed by atoms with Gasteiger partial charge in [0.15, 0.2) is 5.65 Å². The third-order valence-electron chi connectivity index (χ3n) is 4.04. The number of fused-ring (bicyclic) bond motifs is 1. The van der Waals surface area contributed by atoms with Crippen molar-refractivity contribution in [2.75, 3.05) is 13.1 Å². The molecule has 0 spiro atoms. The van der Waals surface area contributed by atoms with Crippen LogP contribution in [0.3, 0.4) is 0 Å². The van der Waals surface area contributed by atoms with Crippen LogP contribution in [-0.2, 0) is 11.3 Å². The number of aliphatic hydroxyl groups excluding tert-OH is 1. The zero-order valence-corrected chi connectivity index (χ0v) is 11.8. The summed E-state index contributed by atoms with van der Waals surface area (Å²) in [6.45, 7) is 2.81. The summed E-state index contributed by atoms with van der Waals surface area (Å²) in [6, 6.07) is 5.25. The van der Waals surface area contributed by atoms with E-state index in [-0.39, 0.29) is 24.1 Å². The van der Waals surface area contributed by atoms with Crippen LogP contribution < -0.4 is 5.69 Å². The van der Waals surface area contributed by atoms with Crippen molar-refractivity contribution >= 4 is 11.6 Å². The standard InChI is InChI=1S/C14H18N4O3/c1-10-5-7-16(8-11(10)19)13(20)9-18-14(21)17-6-3-2-4-12(17)15-18/h2-4,6,10-11,19H,5,7-9H2,1H3. The van der Waals surface area contributed by atoms with Crippen LogP contribution >= 0.6 is 0 Å². The van der Waals surface area contributed by atoms with Crippen molar-refractivity contribution in [3.8, 4) is 0 Å². The van der Waals surface area contributed by atoms with Crippen molar-refractivity contribution in [3.05, 3.63) is 34.9 Å². The van der Waals surface area contributed by atoms with E-state index in [9.17, 15) is 14.7 Å². The monoisotopic (exact) mass is 290 g/mol. The zero-order chi connectivity index (χ0) is 15.0. The molecule has 2 atom stereocenters. The third kappa shape index (κ3) is 2.56. The van der Waals surface area contributed by atoms with Gasteiger partial charge < -0.3 is 10.0 Å². The maximum absolute atomic E-state index is 12.3. The summed E-state index contributed by atoms with van der Waals surface area (Å²) < 4.78 is 2.57. The molecular weight excluding hydrogens is 272 g/mol. The molecule has 1 aliphatic rings. The molecule has 2 aromatic heterocycles. The molecule has 7 nitrogen and oxygen atoms in total. The van der Waals surface area contributed by atoms with Gasteiger partial charge >= 0.3 is 5.69 Å². The van der Waals surface area contributed by atoms with Crippen molar-refractivity contribution in [2.45, 2.75) is 26.0 Å². The molecule has 0 saturated carbocycles. The second-order valence-electron chi connectivity index (χ2n) is 5.54. The second-order valence-corrected chi connectivity index (χ2v) is 5.54. The van der Waals surface area contributed by atoms with Gasteiger partial charge in [0.25, 0.3) is 0 Å². The van der Waals surface area contributed by atoms with Gasteiger partial charge in [-0.25, -0.2) is 9.48 Å². The number of aromatic nitrogens is 3. The Bertz CT molecular complexity index is 720. The van der Waals surface area contributed by atoms with Crippen LogP contribution in [0.15, 0.2) is 29.2 Å². The average Bonchev–Trinajstić information content (AvgIpc) is 2.79. The molecule has 3 rings (SSSR count). The van der Waals surface area contributed by atoms with Gasteiger partial charge in [-0.15, -0.1) is 5.10 Å². The lowest BCUT2D eigenvalue weighted by Gasteiger charge is -2.34. The molecule has 112 valence electrons. The van der Waals surface area contributed by atoms with Gasteiger partial charge in [0, 0.05) is 19.3 Å². The van der Waals surface area contributed by atoms with Gasteiger partial charge in [-0.2, -0.15) is 0 Å². The Kier molecular flexibility index (Phi) is 3.50. The Morgan fingerprint density at radius 1 is 1.48 bits per heavy atom. The highest BCUT2D eigenvalue weighted by Crippen LogP contribution is 2.17. The topological polar surface area (TPSA) is 79.8 Å². The minimum absolute atomic E-state index is 0.0956. The predicted molar refractivity (Wildman–Crippen MR) is 75.8 cm³/mol. The van der Waals surface area contributed by atoms with Crippen LogP contribution in [0.4, 0.5) is 0 Å². The van der Waals surface area contributed by atoms with Crippen molar-refractivity contribution in [1.82, 2.24) is 19.1 Å². The van der Waals surface area contributed by atoms with Gasteiger partial charge in [-0.3, -0.25) is 9.20 Å². The molecule has 0 aliphatic carbocycles. The van der Waals surface area contributed by atoms with E-state index in [1.807, 2.05) is 6.92 Å². The number of aliphatic hydroxyl groups is 1. The minimum atomic E-state index is -0.500. The van der Waals surface area contributed by atoms with Crippen LogP contribution in [0, 0.1) is 5.92 Å². The second kappa shape index (κ2) is 5.33. The number of piperidine rings is 1. The molecule has 7 heteroatoms. The Morgan fingerprint density at radius 2 is 2.29 bits per heavy atom. The quantitative estimate of drug-likeness (QED) is 0.825. The number of β-amino-alcohol motifs (C(OH)–C–C–N with tert-alkyl or cyclic N) is 1. The van der Waals surface area contributed by atoms with Gasteiger partial charge in [0.05, 0.1) is 6.10 Å². The highest BCUT2D eigenvalue weighted by molar-refractivity contribution is 5.76. The van der Waals surface area contributed by atoms with Crippen molar-refractivity contribution in [3.63, 3.8) is 0 Å². The molecule has 0 bridgehead atoms. The van der Waals surface area contributed by atoms with Crippen LogP contribution in [0.25, 0.3) is 5.65 Å². The summed E-state index contributed by atoms with van der Waals surface area (Å²) in [4.78, 5) is 26.0. The highest BCUT2D eigenvalue weighted by Gasteiger charge is 2.27. The van der Waals surface area contributed by atoms with Crippen LogP contribution in [0.5, 0.6) is 0 Å².